The maximum absolute atomic E-state index is 13.0. The van der Waals surface area contributed by atoms with E-state index in [4.69, 9.17) is 0 Å². The highest BCUT2D eigenvalue weighted by atomic mass is 32.1. The molecular weight excluding hydrogens is 370 g/mol. The molecule has 2 heterocycles. The van der Waals surface area contributed by atoms with E-state index in [9.17, 15) is 9.59 Å². The standard InChI is InChI=1S/C22H23N3O2S/c1-16(2)25(15-18-5-3-11-23-13-18)22(27)19-9-7-17(8-10-19)14-24-21(26)20-6-4-12-28-20/h3-13,16H,14-15H2,1-2H3,(H,24,26). The molecule has 0 fully saturated rings. The van der Waals surface area contributed by atoms with Gasteiger partial charge in [0.05, 0.1) is 4.88 Å². The van der Waals surface area contributed by atoms with Gasteiger partial charge < -0.3 is 10.2 Å². The van der Waals surface area contributed by atoms with Gasteiger partial charge in [0.2, 0.25) is 0 Å². The van der Waals surface area contributed by atoms with Crippen molar-refractivity contribution in [3.05, 3.63) is 87.9 Å². The quantitative estimate of drug-likeness (QED) is 0.657. The number of nitrogens with zero attached hydrogens (tertiary/aromatic N) is 2. The second kappa shape index (κ2) is 9.28. The van der Waals surface area contributed by atoms with Crippen molar-refractivity contribution in [3.8, 4) is 0 Å². The zero-order valence-electron chi connectivity index (χ0n) is 16.0. The van der Waals surface area contributed by atoms with Gasteiger partial charge in [-0.15, -0.1) is 11.3 Å². The van der Waals surface area contributed by atoms with Crippen molar-refractivity contribution in [1.82, 2.24) is 15.2 Å². The summed E-state index contributed by atoms with van der Waals surface area (Å²) in [6.07, 6.45) is 3.50. The van der Waals surface area contributed by atoms with Crippen LogP contribution in [0.25, 0.3) is 0 Å². The van der Waals surface area contributed by atoms with Crippen LogP contribution >= 0.6 is 11.3 Å². The van der Waals surface area contributed by atoms with Gasteiger partial charge in [-0.3, -0.25) is 14.6 Å². The molecule has 3 rings (SSSR count). The summed E-state index contributed by atoms with van der Waals surface area (Å²) in [6.45, 7) is 4.95. The fraction of sp³-hybridized carbons (Fsp3) is 0.227. The Labute approximate surface area is 169 Å². The molecule has 0 saturated carbocycles. The molecule has 1 aromatic carbocycles. The lowest BCUT2D eigenvalue weighted by molar-refractivity contribution is 0.0690. The number of carbonyl (C=O) groups is 2. The van der Waals surface area contributed by atoms with E-state index in [0.717, 1.165) is 11.1 Å². The van der Waals surface area contributed by atoms with E-state index >= 15 is 0 Å². The van der Waals surface area contributed by atoms with Crippen LogP contribution in [0.2, 0.25) is 0 Å². The van der Waals surface area contributed by atoms with Crippen LogP contribution in [0.15, 0.2) is 66.3 Å². The summed E-state index contributed by atoms with van der Waals surface area (Å²) in [5.41, 5.74) is 2.58. The second-order valence-corrected chi connectivity index (χ2v) is 7.69. The smallest absolute Gasteiger partial charge is 0.261 e. The normalized spacial score (nSPS) is 10.7. The van der Waals surface area contributed by atoms with Gasteiger partial charge in [0.25, 0.3) is 11.8 Å². The predicted molar refractivity (Wildman–Crippen MR) is 111 cm³/mol. The lowest BCUT2D eigenvalue weighted by Gasteiger charge is -2.27. The molecule has 5 nitrogen and oxygen atoms in total. The Morgan fingerprint density at radius 1 is 1.07 bits per heavy atom. The zero-order valence-corrected chi connectivity index (χ0v) is 16.8. The van der Waals surface area contributed by atoms with Gasteiger partial charge in [-0.25, -0.2) is 0 Å². The summed E-state index contributed by atoms with van der Waals surface area (Å²) < 4.78 is 0. The molecule has 0 saturated heterocycles. The van der Waals surface area contributed by atoms with Crippen LogP contribution in [0.5, 0.6) is 0 Å². The van der Waals surface area contributed by atoms with E-state index in [1.54, 1.807) is 18.5 Å². The molecule has 1 N–H and O–H groups in total. The zero-order chi connectivity index (χ0) is 19.9. The Morgan fingerprint density at radius 3 is 2.46 bits per heavy atom. The molecule has 6 heteroatoms. The number of hydrogen-bond donors (Lipinski definition) is 1. The SMILES string of the molecule is CC(C)N(Cc1cccnc1)C(=O)c1ccc(CNC(=O)c2cccs2)cc1. The summed E-state index contributed by atoms with van der Waals surface area (Å²) in [6, 6.07) is 14.9. The molecule has 0 aliphatic heterocycles. The van der Waals surface area contributed by atoms with Crippen molar-refractivity contribution >= 4 is 23.2 Å². The first-order valence-corrected chi connectivity index (χ1v) is 10.0. The first-order chi connectivity index (χ1) is 13.5. The topological polar surface area (TPSA) is 62.3 Å². The van der Waals surface area contributed by atoms with Gasteiger partial charge in [-0.05, 0) is 54.6 Å². The number of benzene rings is 1. The average Bonchev–Trinajstić information content (AvgIpc) is 3.26. The molecule has 3 aromatic rings. The minimum atomic E-state index is -0.0855. The molecule has 0 radical (unpaired) electrons. The first-order valence-electron chi connectivity index (χ1n) is 9.15. The highest BCUT2D eigenvalue weighted by Crippen LogP contribution is 2.14. The summed E-state index contributed by atoms with van der Waals surface area (Å²) in [5, 5.41) is 4.77. The molecule has 2 amide bonds. The maximum Gasteiger partial charge on any atom is 0.261 e. The summed E-state index contributed by atoms with van der Waals surface area (Å²) in [7, 11) is 0. The largest absolute Gasteiger partial charge is 0.347 e. The monoisotopic (exact) mass is 393 g/mol. The number of hydrogen-bond acceptors (Lipinski definition) is 4. The molecule has 0 unspecified atom stereocenters. The van der Waals surface area contributed by atoms with Gasteiger partial charge in [0.15, 0.2) is 0 Å². The number of nitrogens with one attached hydrogen (secondary N) is 1. The van der Waals surface area contributed by atoms with Gasteiger partial charge in [-0.2, -0.15) is 0 Å². The van der Waals surface area contributed by atoms with Crippen LogP contribution in [0, 0.1) is 0 Å². The van der Waals surface area contributed by atoms with Crippen molar-refractivity contribution in [2.45, 2.75) is 33.0 Å². The van der Waals surface area contributed by atoms with E-state index in [1.807, 2.05) is 66.6 Å². The van der Waals surface area contributed by atoms with Crippen LogP contribution in [0.4, 0.5) is 0 Å². The third-order valence-electron chi connectivity index (χ3n) is 4.36. The molecule has 0 atom stereocenters. The number of rotatable bonds is 7. The van der Waals surface area contributed by atoms with Crippen LogP contribution < -0.4 is 5.32 Å². The van der Waals surface area contributed by atoms with Crippen molar-refractivity contribution in [3.63, 3.8) is 0 Å². The molecular formula is C22H23N3O2S. The Bertz CT molecular complexity index is 907. The number of aromatic nitrogens is 1. The van der Waals surface area contributed by atoms with Crippen molar-refractivity contribution < 1.29 is 9.59 Å². The fourth-order valence-electron chi connectivity index (χ4n) is 2.79. The minimum absolute atomic E-state index is 0.0203. The van der Waals surface area contributed by atoms with E-state index < -0.39 is 0 Å². The Kier molecular flexibility index (Phi) is 6.55. The van der Waals surface area contributed by atoms with E-state index in [2.05, 4.69) is 10.3 Å². The van der Waals surface area contributed by atoms with Gasteiger partial charge in [-0.1, -0.05) is 24.3 Å². The number of amides is 2. The van der Waals surface area contributed by atoms with Crippen molar-refractivity contribution in [2.75, 3.05) is 0 Å². The number of carbonyl (C=O) groups excluding carboxylic acids is 2. The Morgan fingerprint density at radius 2 is 1.86 bits per heavy atom. The average molecular weight is 394 g/mol. The lowest BCUT2D eigenvalue weighted by atomic mass is 10.1. The van der Waals surface area contributed by atoms with Gasteiger partial charge in [0.1, 0.15) is 0 Å². The number of thiophene rings is 1. The molecule has 0 aliphatic rings. The molecule has 0 bridgehead atoms. The predicted octanol–water partition coefficient (Wildman–Crippen LogP) is 4.12. The van der Waals surface area contributed by atoms with Crippen LogP contribution in [0.1, 0.15) is 45.0 Å². The van der Waals surface area contributed by atoms with Crippen LogP contribution in [0.3, 0.4) is 0 Å². The Hall–Kier alpha value is -2.99. The fourth-order valence-corrected chi connectivity index (χ4v) is 3.43. The van der Waals surface area contributed by atoms with Crippen molar-refractivity contribution in [1.29, 1.82) is 0 Å². The van der Waals surface area contributed by atoms with Crippen LogP contribution in [-0.2, 0) is 13.1 Å². The minimum Gasteiger partial charge on any atom is -0.347 e. The highest BCUT2D eigenvalue weighted by Gasteiger charge is 2.19. The van der Waals surface area contributed by atoms with E-state index in [0.29, 0.717) is 23.5 Å². The molecule has 144 valence electrons. The number of pyridine rings is 1. The first kappa shape index (κ1) is 19.8. The maximum atomic E-state index is 13.0. The third-order valence-corrected chi connectivity index (χ3v) is 5.23. The second-order valence-electron chi connectivity index (χ2n) is 6.74. The Balaban J connectivity index is 1.63. The highest BCUT2D eigenvalue weighted by molar-refractivity contribution is 7.12. The molecule has 2 aromatic heterocycles. The lowest BCUT2D eigenvalue weighted by Crippen LogP contribution is -2.36. The molecule has 0 spiro atoms. The summed E-state index contributed by atoms with van der Waals surface area (Å²) in [4.78, 5) is 31.6. The van der Waals surface area contributed by atoms with E-state index in [-0.39, 0.29) is 17.9 Å². The van der Waals surface area contributed by atoms with Crippen molar-refractivity contribution in [2.24, 2.45) is 0 Å². The summed E-state index contributed by atoms with van der Waals surface area (Å²) >= 11 is 1.41. The van der Waals surface area contributed by atoms with Gasteiger partial charge in [0, 0.05) is 37.1 Å². The van der Waals surface area contributed by atoms with Crippen LogP contribution in [-0.4, -0.2) is 27.7 Å². The summed E-state index contributed by atoms with van der Waals surface area (Å²) in [5.74, 6) is -0.106. The van der Waals surface area contributed by atoms with Gasteiger partial charge >= 0.3 is 0 Å². The molecule has 0 aliphatic carbocycles. The van der Waals surface area contributed by atoms with E-state index in [1.165, 1.54) is 11.3 Å². The third kappa shape index (κ3) is 5.04. The molecule has 28 heavy (non-hydrogen) atoms.